The number of carbonyl (C=O) groups is 1. The Hall–Kier alpha value is -3.88. The van der Waals surface area contributed by atoms with E-state index in [1.54, 1.807) is 61.7 Å². The van der Waals surface area contributed by atoms with Crippen molar-refractivity contribution in [2.45, 2.75) is 12.5 Å². The maximum Gasteiger partial charge on any atom is 0.320 e. The molecule has 0 fully saturated rings. The van der Waals surface area contributed by atoms with E-state index in [1.807, 2.05) is 12.1 Å². The summed E-state index contributed by atoms with van der Waals surface area (Å²) in [7, 11) is 1.57. The van der Waals surface area contributed by atoms with Gasteiger partial charge in [-0.15, -0.1) is 12.4 Å². The zero-order valence-corrected chi connectivity index (χ0v) is 18.5. The van der Waals surface area contributed by atoms with E-state index in [9.17, 15) is 9.90 Å². The summed E-state index contributed by atoms with van der Waals surface area (Å²) in [4.78, 5) is 15.4. The summed E-state index contributed by atoms with van der Waals surface area (Å²) >= 11 is 0. The van der Waals surface area contributed by atoms with Gasteiger partial charge in [-0.1, -0.05) is 47.6 Å². The molecule has 0 aliphatic carbocycles. The lowest BCUT2D eigenvalue weighted by Gasteiger charge is -2.11. The number of nitrogens with zero attached hydrogens (tertiary/aromatic N) is 2. The summed E-state index contributed by atoms with van der Waals surface area (Å²) in [5, 5.41) is 23.3. The summed E-state index contributed by atoms with van der Waals surface area (Å²) in [5.74, 6) is 0.409. The normalized spacial score (nSPS) is 11.5. The maximum absolute atomic E-state index is 10.9. The quantitative estimate of drug-likeness (QED) is 0.369. The van der Waals surface area contributed by atoms with Gasteiger partial charge in [-0.3, -0.25) is 4.79 Å². The summed E-state index contributed by atoms with van der Waals surface area (Å²) in [6.07, 6.45) is 0.230. The molecular formula is C24H22ClN3O5. The minimum Gasteiger partial charge on any atom is -0.507 e. The van der Waals surface area contributed by atoms with E-state index >= 15 is 0 Å². The van der Waals surface area contributed by atoms with E-state index in [2.05, 4.69) is 10.1 Å². The second-order valence-corrected chi connectivity index (χ2v) is 7.20. The van der Waals surface area contributed by atoms with Gasteiger partial charge in [0, 0.05) is 22.3 Å². The van der Waals surface area contributed by atoms with Crippen molar-refractivity contribution in [3.05, 3.63) is 72.3 Å². The Labute approximate surface area is 196 Å². The van der Waals surface area contributed by atoms with Crippen LogP contribution >= 0.6 is 12.4 Å². The van der Waals surface area contributed by atoms with Gasteiger partial charge in [0.15, 0.2) is 0 Å². The van der Waals surface area contributed by atoms with E-state index in [0.29, 0.717) is 34.2 Å². The van der Waals surface area contributed by atoms with E-state index in [1.165, 1.54) is 0 Å². The Morgan fingerprint density at radius 1 is 1.06 bits per heavy atom. The summed E-state index contributed by atoms with van der Waals surface area (Å²) in [5.41, 5.74) is 9.11. The molecule has 1 aromatic heterocycles. The van der Waals surface area contributed by atoms with Crippen LogP contribution in [0.3, 0.4) is 0 Å². The van der Waals surface area contributed by atoms with Gasteiger partial charge in [0.05, 0.1) is 7.11 Å². The smallest absolute Gasteiger partial charge is 0.320 e. The SMILES string of the molecule is COc1ccc(-c2nc(-c3ccc(C[C@H](N)C(=O)O)cc3)no2)cc1-c1ccccc1O.Cl. The largest absolute Gasteiger partial charge is 0.507 e. The number of hydrogen-bond donors (Lipinski definition) is 3. The number of ether oxygens (including phenoxy) is 1. The molecule has 1 heterocycles. The molecule has 0 amide bonds. The lowest BCUT2D eigenvalue weighted by molar-refractivity contribution is -0.138. The average molecular weight is 468 g/mol. The predicted octanol–water partition coefficient (Wildman–Crippen LogP) is 4.16. The number of hydrogen-bond acceptors (Lipinski definition) is 7. The third-order valence-corrected chi connectivity index (χ3v) is 5.05. The second kappa shape index (κ2) is 10.2. The van der Waals surface area contributed by atoms with Gasteiger partial charge in [0.1, 0.15) is 17.5 Å². The molecule has 1 atom stereocenters. The van der Waals surface area contributed by atoms with Crippen molar-refractivity contribution >= 4 is 18.4 Å². The van der Waals surface area contributed by atoms with Crippen LogP contribution in [0.25, 0.3) is 34.0 Å². The third-order valence-electron chi connectivity index (χ3n) is 5.05. The number of carboxylic acid groups (broad SMARTS) is 1. The number of aromatic nitrogens is 2. The standard InChI is InChI=1S/C24H21N3O5.ClH/c1-31-21-11-10-16(13-18(21)17-4-2-3-5-20(17)28)23-26-22(27-32-23)15-8-6-14(7-9-15)12-19(25)24(29)30;/h2-11,13,19,28H,12,25H2,1H3,(H,29,30);1H/t19-;/m0./s1. The van der Waals surface area contributed by atoms with E-state index in [4.69, 9.17) is 20.1 Å². The number of phenols is 1. The maximum atomic E-state index is 10.9. The molecule has 0 aliphatic rings. The van der Waals surface area contributed by atoms with Crippen LogP contribution in [0.5, 0.6) is 11.5 Å². The van der Waals surface area contributed by atoms with Crippen molar-refractivity contribution in [3.63, 3.8) is 0 Å². The van der Waals surface area contributed by atoms with Gasteiger partial charge in [-0.2, -0.15) is 4.98 Å². The fraction of sp³-hybridized carbons (Fsp3) is 0.125. The lowest BCUT2D eigenvalue weighted by atomic mass is 10.0. The number of benzene rings is 3. The highest BCUT2D eigenvalue weighted by atomic mass is 35.5. The lowest BCUT2D eigenvalue weighted by Crippen LogP contribution is -2.32. The minimum atomic E-state index is -1.04. The molecule has 0 unspecified atom stereocenters. The number of nitrogens with two attached hydrogens (primary N) is 1. The third kappa shape index (κ3) is 5.14. The molecule has 0 saturated heterocycles. The minimum absolute atomic E-state index is 0. The van der Waals surface area contributed by atoms with Crippen LogP contribution in [-0.4, -0.2) is 39.5 Å². The fourth-order valence-electron chi connectivity index (χ4n) is 3.34. The first-order chi connectivity index (χ1) is 15.5. The van der Waals surface area contributed by atoms with E-state index < -0.39 is 12.0 Å². The van der Waals surface area contributed by atoms with Crippen LogP contribution in [0.4, 0.5) is 0 Å². The number of aliphatic carboxylic acids is 1. The van der Waals surface area contributed by atoms with Crippen molar-refractivity contribution in [1.82, 2.24) is 10.1 Å². The summed E-state index contributed by atoms with van der Waals surface area (Å²) in [6, 6.07) is 18.6. The number of halogens is 1. The Balaban J connectivity index is 0.00000306. The number of aromatic hydroxyl groups is 1. The number of carboxylic acids is 1. The Kier molecular flexibility index (Phi) is 7.32. The molecule has 0 saturated carbocycles. The molecule has 3 aromatic carbocycles. The van der Waals surface area contributed by atoms with Crippen molar-refractivity contribution in [3.8, 4) is 45.5 Å². The van der Waals surface area contributed by atoms with Crippen molar-refractivity contribution in [1.29, 1.82) is 0 Å². The zero-order valence-electron chi connectivity index (χ0n) is 17.6. The molecule has 0 bridgehead atoms. The molecule has 0 radical (unpaired) electrons. The molecule has 0 spiro atoms. The summed E-state index contributed by atoms with van der Waals surface area (Å²) < 4.78 is 10.9. The Morgan fingerprint density at radius 3 is 2.42 bits per heavy atom. The number of methoxy groups -OCH3 is 1. The van der Waals surface area contributed by atoms with Gasteiger partial charge in [0.2, 0.25) is 5.82 Å². The second-order valence-electron chi connectivity index (χ2n) is 7.20. The van der Waals surface area contributed by atoms with Crippen molar-refractivity contribution in [2.24, 2.45) is 5.73 Å². The molecule has 33 heavy (non-hydrogen) atoms. The number of para-hydroxylation sites is 1. The van der Waals surface area contributed by atoms with Crippen molar-refractivity contribution in [2.75, 3.05) is 7.11 Å². The van der Waals surface area contributed by atoms with Gasteiger partial charge < -0.3 is 25.2 Å². The van der Waals surface area contributed by atoms with E-state index in [-0.39, 0.29) is 24.6 Å². The van der Waals surface area contributed by atoms with Crippen LogP contribution in [0, 0.1) is 0 Å². The van der Waals surface area contributed by atoms with Gasteiger partial charge >= 0.3 is 5.97 Å². The van der Waals surface area contributed by atoms with Crippen LogP contribution in [0.2, 0.25) is 0 Å². The van der Waals surface area contributed by atoms with E-state index in [0.717, 1.165) is 11.1 Å². The number of rotatable bonds is 7. The molecular weight excluding hydrogens is 446 g/mol. The van der Waals surface area contributed by atoms with Gasteiger partial charge in [-0.05, 0) is 36.2 Å². The topological polar surface area (TPSA) is 132 Å². The number of phenolic OH excluding ortho intramolecular Hbond substituents is 1. The molecule has 9 heteroatoms. The first-order valence-electron chi connectivity index (χ1n) is 9.84. The highest BCUT2D eigenvalue weighted by molar-refractivity contribution is 5.85. The Morgan fingerprint density at radius 2 is 1.76 bits per heavy atom. The highest BCUT2D eigenvalue weighted by Gasteiger charge is 2.16. The monoisotopic (exact) mass is 467 g/mol. The molecule has 8 nitrogen and oxygen atoms in total. The predicted molar refractivity (Wildman–Crippen MR) is 125 cm³/mol. The summed E-state index contributed by atoms with van der Waals surface area (Å²) in [6.45, 7) is 0. The first kappa shape index (κ1) is 23.8. The molecule has 4 rings (SSSR count). The fourth-order valence-corrected chi connectivity index (χ4v) is 3.34. The van der Waals surface area contributed by atoms with Gasteiger partial charge in [0.25, 0.3) is 5.89 Å². The first-order valence-corrected chi connectivity index (χ1v) is 9.84. The molecule has 170 valence electrons. The molecule has 4 N–H and O–H groups in total. The van der Waals surface area contributed by atoms with Crippen LogP contribution in [0.1, 0.15) is 5.56 Å². The molecule has 0 aliphatic heterocycles. The van der Waals surface area contributed by atoms with Crippen LogP contribution in [-0.2, 0) is 11.2 Å². The van der Waals surface area contributed by atoms with Crippen molar-refractivity contribution < 1.29 is 24.3 Å². The zero-order chi connectivity index (χ0) is 22.7. The van der Waals surface area contributed by atoms with Crippen LogP contribution in [0.15, 0.2) is 71.3 Å². The average Bonchev–Trinajstić information content (AvgIpc) is 3.30. The Bertz CT molecular complexity index is 1260. The molecule has 4 aromatic rings. The highest BCUT2D eigenvalue weighted by Crippen LogP contribution is 2.38. The van der Waals surface area contributed by atoms with Crippen LogP contribution < -0.4 is 10.5 Å². The van der Waals surface area contributed by atoms with Gasteiger partial charge in [-0.25, -0.2) is 0 Å².